The molecule has 0 aliphatic carbocycles. The van der Waals surface area contributed by atoms with Gasteiger partial charge in [-0.2, -0.15) is 0 Å². The summed E-state index contributed by atoms with van der Waals surface area (Å²) < 4.78 is 5.26. The minimum Gasteiger partial charge on any atom is -0.384 e. The summed E-state index contributed by atoms with van der Waals surface area (Å²) in [5.74, 6) is 1.57. The Morgan fingerprint density at radius 1 is 1.12 bits per heavy atom. The van der Waals surface area contributed by atoms with Crippen LogP contribution in [0.3, 0.4) is 0 Å². The third-order valence-corrected chi connectivity index (χ3v) is 5.38. The third-order valence-electron chi connectivity index (χ3n) is 5.38. The summed E-state index contributed by atoms with van der Waals surface area (Å²) in [5, 5.41) is 0. The van der Waals surface area contributed by atoms with E-state index >= 15 is 0 Å². The van der Waals surface area contributed by atoms with Gasteiger partial charge in [0, 0.05) is 39.5 Å². The van der Waals surface area contributed by atoms with E-state index in [0.29, 0.717) is 11.5 Å². The Bertz CT molecular complexity index is 536. The number of carbonyl (C=O) groups excluding carboxylic acids is 1. The maximum absolute atomic E-state index is 12.8. The lowest BCUT2D eigenvalue weighted by molar-refractivity contribution is 0.0570. The number of pyridine rings is 1. The van der Waals surface area contributed by atoms with Crippen LogP contribution in [0.2, 0.25) is 0 Å². The van der Waals surface area contributed by atoms with Gasteiger partial charge in [-0.25, -0.2) is 4.98 Å². The van der Waals surface area contributed by atoms with Crippen LogP contribution >= 0.6 is 0 Å². The molecule has 1 atom stereocenters. The van der Waals surface area contributed by atoms with E-state index in [9.17, 15) is 4.79 Å². The summed E-state index contributed by atoms with van der Waals surface area (Å²) in [5.41, 5.74) is 0.703. The Hall–Kier alpha value is -1.62. The van der Waals surface area contributed by atoms with Gasteiger partial charge in [0.2, 0.25) is 0 Å². The molecule has 138 valence electrons. The zero-order chi connectivity index (χ0) is 17.5. The standard InChI is InChI=1S/C20H31N3O2/c1-25-16-17-8-7-13-23(15-17)20(24)18-9-10-19(21-14-18)22-11-5-3-2-4-6-12-22/h9-10,14,17H,2-8,11-13,15-16H2,1H3/t17-/m1/s1. The number of piperidine rings is 1. The Balaban J connectivity index is 1.61. The van der Waals surface area contributed by atoms with Crippen LogP contribution in [-0.4, -0.2) is 55.7 Å². The number of ether oxygens (including phenoxy) is 1. The predicted molar refractivity (Wildman–Crippen MR) is 100 cm³/mol. The number of anilines is 1. The third kappa shape index (κ3) is 4.94. The molecule has 0 bridgehead atoms. The predicted octanol–water partition coefficient (Wildman–Crippen LogP) is 3.35. The van der Waals surface area contributed by atoms with E-state index in [0.717, 1.165) is 51.4 Å². The van der Waals surface area contributed by atoms with Gasteiger partial charge >= 0.3 is 0 Å². The average Bonchev–Trinajstić information content (AvgIpc) is 2.62. The van der Waals surface area contributed by atoms with Crippen molar-refractivity contribution < 1.29 is 9.53 Å². The lowest BCUT2D eigenvalue weighted by atomic mass is 9.98. The number of amides is 1. The molecule has 2 fully saturated rings. The van der Waals surface area contributed by atoms with Crippen molar-refractivity contribution in [2.24, 2.45) is 5.92 Å². The van der Waals surface area contributed by atoms with Gasteiger partial charge in [-0.15, -0.1) is 0 Å². The topological polar surface area (TPSA) is 45.7 Å². The van der Waals surface area contributed by atoms with Crippen LogP contribution < -0.4 is 4.90 Å². The fourth-order valence-corrected chi connectivity index (χ4v) is 3.98. The normalized spacial score (nSPS) is 22.4. The number of nitrogens with zero attached hydrogens (tertiary/aromatic N) is 3. The highest BCUT2D eigenvalue weighted by molar-refractivity contribution is 5.94. The summed E-state index contributed by atoms with van der Waals surface area (Å²) in [7, 11) is 1.73. The van der Waals surface area contributed by atoms with E-state index in [-0.39, 0.29) is 5.91 Å². The van der Waals surface area contributed by atoms with Gasteiger partial charge in [-0.1, -0.05) is 19.3 Å². The molecule has 25 heavy (non-hydrogen) atoms. The minimum absolute atomic E-state index is 0.104. The highest BCUT2D eigenvalue weighted by Crippen LogP contribution is 2.21. The maximum Gasteiger partial charge on any atom is 0.255 e. The van der Waals surface area contributed by atoms with Crippen molar-refractivity contribution in [1.82, 2.24) is 9.88 Å². The van der Waals surface area contributed by atoms with Crippen LogP contribution in [-0.2, 0) is 4.74 Å². The summed E-state index contributed by atoms with van der Waals surface area (Å²) in [6.07, 6.45) is 10.4. The molecule has 0 unspecified atom stereocenters. The molecule has 0 saturated carbocycles. The van der Waals surface area contributed by atoms with Crippen LogP contribution in [0.25, 0.3) is 0 Å². The number of methoxy groups -OCH3 is 1. The van der Waals surface area contributed by atoms with Crippen molar-refractivity contribution in [2.75, 3.05) is 44.8 Å². The molecule has 0 radical (unpaired) electrons. The van der Waals surface area contributed by atoms with Crippen molar-refractivity contribution >= 4 is 11.7 Å². The lowest BCUT2D eigenvalue weighted by Crippen LogP contribution is -2.41. The second kappa shape index (κ2) is 9.18. The number of hydrogen-bond donors (Lipinski definition) is 0. The zero-order valence-electron chi connectivity index (χ0n) is 15.5. The van der Waals surface area contributed by atoms with Crippen LogP contribution in [0.15, 0.2) is 18.3 Å². The molecule has 0 aromatic carbocycles. The van der Waals surface area contributed by atoms with Gasteiger partial charge in [0.05, 0.1) is 12.2 Å². The second-order valence-corrected chi connectivity index (χ2v) is 7.37. The molecule has 5 heteroatoms. The quantitative estimate of drug-likeness (QED) is 0.839. The smallest absolute Gasteiger partial charge is 0.255 e. The fourth-order valence-electron chi connectivity index (χ4n) is 3.98. The Labute approximate surface area is 151 Å². The number of hydrogen-bond acceptors (Lipinski definition) is 4. The summed E-state index contributed by atoms with van der Waals surface area (Å²) in [4.78, 5) is 21.7. The highest BCUT2D eigenvalue weighted by atomic mass is 16.5. The van der Waals surface area contributed by atoms with Crippen molar-refractivity contribution in [1.29, 1.82) is 0 Å². The van der Waals surface area contributed by atoms with Gasteiger partial charge in [0.25, 0.3) is 5.91 Å². The van der Waals surface area contributed by atoms with Crippen molar-refractivity contribution in [3.8, 4) is 0 Å². The van der Waals surface area contributed by atoms with Crippen LogP contribution in [0, 0.1) is 5.92 Å². The van der Waals surface area contributed by atoms with E-state index < -0.39 is 0 Å². The second-order valence-electron chi connectivity index (χ2n) is 7.37. The molecule has 2 aliphatic rings. The van der Waals surface area contributed by atoms with Gasteiger partial charge in [-0.3, -0.25) is 4.79 Å². The molecule has 0 N–H and O–H groups in total. The maximum atomic E-state index is 12.8. The number of likely N-dealkylation sites (tertiary alicyclic amines) is 1. The van der Waals surface area contributed by atoms with Gasteiger partial charge in [0.1, 0.15) is 5.82 Å². The minimum atomic E-state index is 0.104. The number of aromatic nitrogens is 1. The molecule has 3 rings (SSSR count). The van der Waals surface area contributed by atoms with Crippen molar-refractivity contribution in [3.63, 3.8) is 0 Å². The average molecular weight is 345 g/mol. The molecule has 5 nitrogen and oxygen atoms in total. The first-order valence-electron chi connectivity index (χ1n) is 9.77. The van der Waals surface area contributed by atoms with Crippen LogP contribution in [0.4, 0.5) is 5.82 Å². The first kappa shape index (κ1) is 18.2. The highest BCUT2D eigenvalue weighted by Gasteiger charge is 2.24. The first-order valence-corrected chi connectivity index (χ1v) is 9.77. The first-order chi connectivity index (χ1) is 12.3. The van der Waals surface area contributed by atoms with Crippen molar-refractivity contribution in [3.05, 3.63) is 23.9 Å². The van der Waals surface area contributed by atoms with E-state index in [1.54, 1.807) is 13.3 Å². The molecule has 0 spiro atoms. The summed E-state index contributed by atoms with van der Waals surface area (Å²) >= 11 is 0. The molecule has 3 heterocycles. The largest absolute Gasteiger partial charge is 0.384 e. The van der Waals surface area contributed by atoms with Crippen LogP contribution in [0.5, 0.6) is 0 Å². The lowest BCUT2D eigenvalue weighted by Gasteiger charge is -2.32. The van der Waals surface area contributed by atoms with E-state index in [1.807, 2.05) is 17.0 Å². The molecule has 1 aromatic heterocycles. The SMILES string of the molecule is COC[C@@H]1CCCN(C(=O)c2ccc(N3CCCCCCC3)nc2)C1. The van der Waals surface area contributed by atoms with Crippen LogP contribution in [0.1, 0.15) is 55.3 Å². The van der Waals surface area contributed by atoms with Gasteiger partial charge in [-0.05, 0) is 43.7 Å². The molecular weight excluding hydrogens is 314 g/mol. The Morgan fingerprint density at radius 2 is 1.88 bits per heavy atom. The Morgan fingerprint density at radius 3 is 2.56 bits per heavy atom. The van der Waals surface area contributed by atoms with E-state index in [2.05, 4.69) is 9.88 Å². The summed E-state index contributed by atoms with van der Waals surface area (Å²) in [6.45, 7) is 4.51. The monoisotopic (exact) mass is 345 g/mol. The van der Waals surface area contributed by atoms with E-state index in [4.69, 9.17) is 4.74 Å². The summed E-state index contributed by atoms with van der Waals surface area (Å²) in [6, 6.07) is 3.97. The molecular formula is C20H31N3O2. The molecule has 2 saturated heterocycles. The van der Waals surface area contributed by atoms with Crippen molar-refractivity contribution in [2.45, 2.75) is 44.9 Å². The molecule has 1 aromatic rings. The fraction of sp³-hybridized carbons (Fsp3) is 0.700. The number of rotatable bonds is 4. The van der Waals surface area contributed by atoms with Gasteiger partial charge in [0.15, 0.2) is 0 Å². The number of carbonyl (C=O) groups is 1. The molecule has 1 amide bonds. The molecule has 2 aliphatic heterocycles. The van der Waals surface area contributed by atoms with Gasteiger partial charge < -0.3 is 14.5 Å². The zero-order valence-corrected chi connectivity index (χ0v) is 15.5. The van der Waals surface area contributed by atoms with E-state index in [1.165, 1.54) is 32.1 Å². The Kier molecular flexibility index (Phi) is 6.68.